The summed E-state index contributed by atoms with van der Waals surface area (Å²) in [6.07, 6.45) is 3.66. The molecule has 7 nitrogen and oxygen atoms in total. The number of benzene rings is 1. The number of nitrogens with one attached hydrogen (secondary N) is 2. The van der Waals surface area contributed by atoms with E-state index in [0.29, 0.717) is 19.5 Å². The fourth-order valence-electron chi connectivity index (χ4n) is 2.47. The minimum atomic E-state index is -3.57. The van der Waals surface area contributed by atoms with E-state index in [4.69, 9.17) is 0 Å². The van der Waals surface area contributed by atoms with Crippen molar-refractivity contribution in [2.45, 2.75) is 43.9 Å². The van der Waals surface area contributed by atoms with Gasteiger partial charge in [0.1, 0.15) is 0 Å². The summed E-state index contributed by atoms with van der Waals surface area (Å²) in [5.74, 6) is -0.815. The summed E-state index contributed by atoms with van der Waals surface area (Å²) < 4.78 is 26.5. The normalized spacial score (nSPS) is 15.2. The molecule has 132 valence electrons. The Bertz CT molecular complexity index is 697. The van der Waals surface area contributed by atoms with E-state index in [0.717, 1.165) is 25.7 Å². The molecular weight excluding hydrogens is 330 g/mol. The molecule has 0 spiro atoms. The third-order valence-electron chi connectivity index (χ3n) is 3.87. The third kappa shape index (κ3) is 4.55. The van der Waals surface area contributed by atoms with E-state index in [2.05, 4.69) is 10.9 Å². The van der Waals surface area contributed by atoms with E-state index in [1.807, 2.05) is 6.92 Å². The zero-order chi connectivity index (χ0) is 17.6. The minimum Gasteiger partial charge on any atom is -0.273 e. The lowest BCUT2D eigenvalue weighted by Crippen LogP contribution is -2.41. The van der Waals surface area contributed by atoms with Gasteiger partial charge in [0.2, 0.25) is 15.9 Å². The van der Waals surface area contributed by atoms with Crippen molar-refractivity contribution in [3.8, 4) is 0 Å². The summed E-state index contributed by atoms with van der Waals surface area (Å²) >= 11 is 0. The van der Waals surface area contributed by atoms with Crippen molar-refractivity contribution < 1.29 is 18.0 Å². The number of amides is 2. The van der Waals surface area contributed by atoms with Crippen LogP contribution in [0.2, 0.25) is 0 Å². The monoisotopic (exact) mass is 353 g/mol. The molecule has 1 aromatic carbocycles. The van der Waals surface area contributed by atoms with Crippen LogP contribution in [0.4, 0.5) is 0 Å². The molecule has 0 bridgehead atoms. The lowest BCUT2D eigenvalue weighted by Gasteiger charge is -2.16. The van der Waals surface area contributed by atoms with Crippen LogP contribution in [0.1, 0.15) is 49.4 Å². The Morgan fingerprint density at radius 1 is 1.17 bits per heavy atom. The Balaban J connectivity index is 2.04. The van der Waals surface area contributed by atoms with E-state index in [1.165, 1.54) is 28.6 Å². The van der Waals surface area contributed by atoms with E-state index >= 15 is 0 Å². The average Bonchev–Trinajstić information content (AvgIpc) is 3.13. The molecular formula is C16H23N3O4S. The zero-order valence-corrected chi connectivity index (χ0v) is 14.6. The molecule has 2 rings (SSSR count). The molecule has 0 unspecified atom stereocenters. The first-order valence-corrected chi connectivity index (χ1v) is 9.58. The molecule has 2 N–H and O–H groups in total. The summed E-state index contributed by atoms with van der Waals surface area (Å²) in [6.45, 7) is 2.98. The molecule has 1 heterocycles. The van der Waals surface area contributed by atoms with Gasteiger partial charge >= 0.3 is 0 Å². The Morgan fingerprint density at radius 3 is 2.54 bits per heavy atom. The largest absolute Gasteiger partial charge is 0.273 e. The molecule has 24 heavy (non-hydrogen) atoms. The number of unbranched alkanes of at least 4 members (excludes halogenated alkanes) is 1. The van der Waals surface area contributed by atoms with Gasteiger partial charge in [-0.25, -0.2) is 8.42 Å². The van der Waals surface area contributed by atoms with E-state index in [9.17, 15) is 18.0 Å². The van der Waals surface area contributed by atoms with Crippen LogP contribution in [0.5, 0.6) is 0 Å². The van der Waals surface area contributed by atoms with Gasteiger partial charge in [-0.2, -0.15) is 4.31 Å². The fraction of sp³-hybridized carbons (Fsp3) is 0.500. The molecule has 1 fully saturated rings. The maximum atomic E-state index is 12.5. The minimum absolute atomic E-state index is 0.0920. The number of carbonyl (C=O) groups excluding carboxylic acids is 2. The second-order valence-electron chi connectivity index (χ2n) is 5.74. The highest BCUT2D eigenvalue weighted by atomic mass is 32.2. The number of hydrazine groups is 1. The van der Waals surface area contributed by atoms with Crippen molar-refractivity contribution in [1.29, 1.82) is 0 Å². The molecule has 1 aliphatic rings. The molecule has 8 heteroatoms. The molecule has 0 radical (unpaired) electrons. The maximum Gasteiger partial charge on any atom is 0.269 e. The molecule has 0 aromatic heterocycles. The van der Waals surface area contributed by atoms with Gasteiger partial charge in [0.25, 0.3) is 5.91 Å². The van der Waals surface area contributed by atoms with E-state index in [-0.39, 0.29) is 16.4 Å². The zero-order valence-electron chi connectivity index (χ0n) is 13.7. The SMILES string of the molecule is CCCCC(=O)NNC(=O)c1cccc(S(=O)(=O)N2CCCC2)c1. The molecule has 0 saturated carbocycles. The van der Waals surface area contributed by atoms with Crippen LogP contribution in [0.3, 0.4) is 0 Å². The van der Waals surface area contributed by atoms with Gasteiger partial charge in [-0.3, -0.25) is 20.4 Å². The van der Waals surface area contributed by atoms with E-state index < -0.39 is 15.9 Å². The second kappa shape index (κ2) is 8.25. The molecule has 1 aliphatic heterocycles. The van der Waals surface area contributed by atoms with Crippen molar-refractivity contribution in [3.63, 3.8) is 0 Å². The Morgan fingerprint density at radius 2 is 1.88 bits per heavy atom. The molecule has 0 aliphatic carbocycles. The van der Waals surface area contributed by atoms with Crippen molar-refractivity contribution in [2.75, 3.05) is 13.1 Å². The average molecular weight is 353 g/mol. The summed E-state index contributed by atoms with van der Waals surface area (Å²) in [5, 5.41) is 0. The van der Waals surface area contributed by atoms with Crippen LogP contribution in [0.25, 0.3) is 0 Å². The highest BCUT2D eigenvalue weighted by Gasteiger charge is 2.27. The number of hydrogen-bond acceptors (Lipinski definition) is 4. The highest BCUT2D eigenvalue weighted by Crippen LogP contribution is 2.21. The van der Waals surface area contributed by atoms with Crippen molar-refractivity contribution in [3.05, 3.63) is 29.8 Å². The van der Waals surface area contributed by atoms with Crippen LogP contribution in [0.15, 0.2) is 29.2 Å². The van der Waals surface area contributed by atoms with Gasteiger partial charge in [-0.05, 0) is 37.5 Å². The second-order valence-corrected chi connectivity index (χ2v) is 7.68. The maximum absolute atomic E-state index is 12.5. The molecule has 2 amide bonds. The van der Waals surface area contributed by atoms with Crippen LogP contribution < -0.4 is 10.9 Å². The Hall–Kier alpha value is -1.93. The first-order chi connectivity index (χ1) is 11.4. The lowest BCUT2D eigenvalue weighted by atomic mass is 10.2. The van der Waals surface area contributed by atoms with Crippen LogP contribution in [-0.4, -0.2) is 37.6 Å². The van der Waals surface area contributed by atoms with Crippen LogP contribution in [0, 0.1) is 0 Å². The lowest BCUT2D eigenvalue weighted by molar-refractivity contribution is -0.121. The fourth-order valence-corrected chi connectivity index (χ4v) is 4.04. The standard InChI is InChI=1S/C16H23N3O4S/c1-2-3-9-15(20)17-18-16(21)13-7-6-8-14(12-13)24(22,23)19-10-4-5-11-19/h6-8,12H,2-5,9-11H2,1H3,(H,17,20)(H,18,21). The van der Waals surface area contributed by atoms with Gasteiger partial charge in [-0.1, -0.05) is 19.4 Å². The molecule has 1 aromatic rings. The van der Waals surface area contributed by atoms with Gasteiger partial charge in [0, 0.05) is 25.1 Å². The van der Waals surface area contributed by atoms with Crippen molar-refractivity contribution in [1.82, 2.24) is 15.2 Å². The summed E-state index contributed by atoms with van der Waals surface area (Å²) in [7, 11) is -3.57. The summed E-state index contributed by atoms with van der Waals surface area (Å²) in [4.78, 5) is 23.7. The van der Waals surface area contributed by atoms with Crippen molar-refractivity contribution in [2.24, 2.45) is 0 Å². The predicted molar refractivity (Wildman–Crippen MR) is 89.6 cm³/mol. The third-order valence-corrected chi connectivity index (χ3v) is 5.77. The molecule has 1 saturated heterocycles. The quantitative estimate of drug-likeness (QED) is 0.756. The number of nitrogens with zero attached hydrogens (tertiary/aromatic N) is 1. The predicted octanol–water partition coefficient (Wildman–Crippen LogP) is 1.42. The Kier molecular flexibility index (Phi) is 6.33. The number of carbonyl (C=O) groups is 2. The number of rotatable bonds is 6. The van der Waals surface area contributed by atoms with Crippen LogP contribution in [-0.2, 0) is 14.8 Å². The smallest absolute Gasteiger partial charge is 0.269 e. The van der Waals surface area contributed by atoms with E-state index in [1.54, 1.807) is 0 Å². The van der Waals surface area contributed by atoms with Gasteiger partial charge in [0.05, 0.1) is 4.90 Å². The van der Waals surface area contributed by atoms with Gasteiger partial charge < -0.3 is 0 Å². The summed E-state index contributed by atoms with van der Waals surface area (Å²) in [6, 6.07) is 5.85. The molecule has 0 atom stereocenters. The number of sulfonamides is 1. The number of hydrogen-bond donors (Lipinski definition) is 2. The Labute approximate surface area is 142 Å². The van der Waals surface area contributed by atoms with Gasteiger partial charge in [-0.15, -0.1) is 0 Å². The first kappa shape index (κ1) is 18.4. The highest BCUT2D eigenvalue weighted by molar-refractivity contribution is 7.89. The topological polar surface area (TPSA) is 95.6 Å². The summed E-state index contributed by atoms with van der Waals surface area (Å²) in [5.41, 5.74) is 4.83. The van der Waals surface area contributed by atoms with Crippen molar-refractivity contribution >= 4 is 21.8 Å². The van der Waals surface area contributed by atoms with Crippen LogP contribution >= 0.6 is 0 Å². The first-order valence-electron chi connectivity index (χ1n) is 8.14. The van der Waals surface area contributed by atoms with Gasteiger partial charge in [0.15, 0.2) is 0 Å².